The highest BCUT2D eigenvalue weighted by Crippen LogP contribution is 2.30. The van der Waals surface area contributed by atoms with Gasteiger partial charge in [-0.05, 0) is 58.8 Å². The van der Waals surface area contributed by atoms with Gasteiger partial charge in [0.2, 0.25) is 0 Å². The number of halogens is 1. The number of hydrogen-bond acceptors (Lipinski definition) is 1. The van der Waals surface area contributed by atoms with Gasteiger partial charge in [-0.25, -0.2) is 4.98 Å². The van der Waals surface area contributed by atoms with Crippen molar-refractivity contribution < 1.29 is 0 Å². The molecular weight excluding hydrogens is 276 g/mol. The fourth-order valence-electron chi connectivity index (χ4n) is 2.49. The second kappa shape index (κ2) is 4.30. The van der Waals surface area contributed by atoms with E-state index < -0.39 is 0 Å². The first-order chi connectivity index (χ1) is 8.25. The zero-order valence-electron chi connectivity index (χ0n) is 9.91. The van der Waals surface area contributed by atoms with Gasteiger partial charge in [0.25, 0.3) is 0 Å². The Morgan fingerprint density at radius 3 is 2.65 bits per heavy atom. The number of aromatic nitrogens is 2. The van der Waals surface area contributed by atoms with Crippen molar-refractivity contribution in [2.24, 2.45) is 7.05 Å². The summed E-state index contributed by atoms with van der Waals surface area (Å²) >= 11 is 3.58. The van der Waals surface area contributed by atoms with Crippen molar-refractivity contribution in [1.29, 1.82) is 0 Å². The van der Waals surface area contributed by atoms with Crippen molar-refractivity contribution in [1.82, 2.24) is 9.55 Å². The largest absolute Gasteiger partial charge is 0.328 e. The van der Waals surface area contributed by atoms with Crippen molar-refractivity contribution in [3.63, 3.8) is 0 Å². The number of benzene rings is 1. The van der Waals surface area contributed by atoms with Crippen LogP contribution in [-0.4, -0.2) is 9.55 Å². The van der Waals surface area contributed by atoms with Crippen LogP contribution in [0.1, 0.15) is 24.0 Å². The maximum atomic E-state index is 4.45. The van der Waals surface area contributed by atoms with Gasteiger partial charge in [-0.1, -0.05) is 12.1 Å². The first-order valence-electron chi connectivity index (χ1n) is 6.04. The lowest BCUT2D eigenvalue weighted by Gasteiger charge is -2.16. The number of aryl methyl sites for hydroxylation is 3. The van der Waals surface area contributed by atoms with E-state index in [0.717, 1.165) is 10.3 Å². The molecule has 1 aliphatic rings. The Morgan fingerprint density at radius 1 is 1.18 bits per heavy atom. The van der Waals surface area contributed by atoms with E-state index in [0.29, 0.717) is 0 Å². The van der Waals surface area contributed by atoms with Crippen LogP contribution in [0.15, 0.2) is 29.1 Å². The molecule has 3 heteroatoms. The van der Waals surface area contributed by atoms with Crippen LogP contribution in [0.2, 0.25) is 0 Å². The van der Waals surface area contributed by atoms with Gasteiger partial charge >= 0.3 is 0 Å². The van der Waals surface area contributed by atoms with Crippen LogP contribution in [0.4, 0.5) is 0 Å². The topological polar surface area (TPSA) is 17.8 Å². The van der Waals surface area contributed by atoms with Crippen LogP contribution in [0.25, 0.3) is 11.3 Å². The monoisotopic (exact) mass is 290 g/mol. The molecule has 0 spiro atoms. The molecule has 1 aromatic heterocycles. The molecule has 0 unspecified atom stereocenters. The predicted molar refractivity (Wildman–Crippen MR) is 73.0 cm³/mol. The minimum atomic E-state index is 1.04. The summed E-state index contributed by atoms with van der Waals surface area (Å²) in [6.45, 7) is 0. The molecule has 0 radical (unpaired) electrons. The molecular formula is C14H15BrN2. The Hall–Kier alpha value is -1.09. The summed E-state index contributed by atoms with van der Waals surface area (Å²) in [7, 11) is 2.00. The molecule has 0 atom stereocenters. The zero-order chi connectivity index (χ0) is 11.8. The third-order valence-corrected chi connectivity index (χ3v) is 4.42. The molecule has 1 aliphatic carbocycles. The summed E-state index contributed by atoms with van der Waals surface area (Å²) in [4.78, 5) is 4.45. The number of fused-ring (bicyclic) bond motifs is 1. The summed E-state index contributed by atoms with van der Waals surface area (Å²) in [6.07, 6.45) is 6.95. The predicted octanol–water partition coefficient (Wildman–Crippen LogP) is 3.73. The van der Waals surface area contributed by atoms with Crippen LogP contribution in [0, 0.1) is 0 Å². The lowest BCUT2D eigenvalue weighted by atomic mass is 9.90. The zero-order valence-corrected chi connectivity index (χ0v) is 11.5. The number of rotatable bonds is 1. The third-order valence-electron chi connectivity index (χ3n) is 3.49. The van der Waals surface area contributed by atoms with Crippen LogP contribution >= 0.6 is 15.9 Å². The molecule has 0 aliphatic heterocycles. The second-order valence-corrected chi connectivity index (χ2v) is 5.44. The first kappa shape index (κ1) is 11.0. The highest BCUT2D eigenvalue weighted by atomic mass is 79.9. The quantitative estimate of drug-likeness (QED) is 0.783. The molecule has 0 fully saturated rings. The number of nitrogens with zero attached hydrogens (tertiary/aromatic N) is 2. The molecule has 1 heterocycles. The Morgan fingerprint density at radius 2 is 1.94 bits per heavy atom. The molecule has 0 saturated heterocycles. The SMILES string of the molecule is Cn1cnc(-c2ccc3c(c2)CCCC3)c1Br. The summed E-state index contributed by atoms with van der Waals surface area (Å²) in [6, 6.07) is 6.77. The summed E-state index contributed by atoms with van der Waals surface area (Å²) in [5.74, 6) is 0. The molecule has 2 aromatic rings. The fourth-order valence-corrected chi connectivity index (χ4v) is 2.91. The van der Waals surface area contributed by atoms with Gasteiger partial charge in [0.15, 0.2) is 0 Å². The molecule has 0 amide bonds. The van der Waals surface area contributed by atoms with Crippen LogP contribution in [0.5, 0.6) is 0 Å². The Kier molecular flexibility index (Phi) is 2.79. The number of imidazole rings is 1. The molecule has 2 nitrogen and oxygen atoms in total. The Labute approximate surface area is 110 Å². The number of hydrogen-bond donors (Lipinski definition) is 0. The Balaban J connectivity index is 2.07. The van der Waals surface area contributed by atoms with Crippen LogP contribution < -0.4 is 0 Å². The molecule has 88 valence electrons. The second-order valence-electron chi connectivity index (χ2n) is 4.69. The molecule has 0 N–H and O–H groups in total. The van der Waals surface area contributed by atoms with Crippen molar-refractivity contribution in [3.05, 3.63) is 40.3 Å². The van der Waals surface area contributed by atoms with Gasteiger partial charge < -0.3 is 4.57 Å². The van der Waals surface area contributed by atoms with Crippen LogP contribution in [0.3, 0.4) is 0 Å². The van der Waals surface area contributed by atoms with E-state index in [4.69, 9.17) is 0 Å². The lowest BCUT2D eigenvalue weighted by Crippen LogP contribution is -2.02. The smallest absolute Gasteiger partial charge is 0.112 e. The lowest BCUT2D eigenvalue weighted by molar-refractivity contribution is 0.686. The molecule has 0 saturated carbocycles. The first-order valence-corrected chi connectivity index (χ1v) is 6.84. The summed E-state index contributed by atoms with van der Waals surface area (Å²) in [5.41, 5.74) is 5.29. The Bertz CT molecular complexity index is 557. The maximum absolute atomic E-state index is 4.45. The van der Waals surface area contributed by atoms with Crippen molar-refractivity contribution in [2.45, 2.75) is 25.7 Å². The van der Waals surface area contributed by atoms with Crippen molar-refractivity contribution in [3.8, 4) is 11.3 Å². The van der Waals surface area contributed by atoms with E-state index in [2.05, 4.69) is 39.1 Å². The van der Waals surface area contributed by atoms with Gasteiger partial charge in [-0.3, -0.25) is 0 Å². The van der Waals surface area contributed by atoms with Gasteiger partial charge in [0.1, 0.15) is 10.3 Å². The van der Waals surface area contributed by atoms with E-state index in [1.54, 1.807) is 0 Å². The van der Waals surface area contributed by atoms with Gasteiger partial charge in [0, 0.05) is 12.6 Å². The standard InChI is InChI=1S/C14H15BrN2/c1-17-9-16-13(14(17)15)12-7-6-10-4-2-3-5-11(10)8-12/h6-9H,2-5H2,1H3. The van der Waals surface area contributed by atoms with Gasteiger partial charge in [-0.2, -0.15) is 0 Å². The van der Waals surface area contributed by atoms with E-state index in [9.17, 15) is 0 Å². The third kappa shape index (κ3) is 1.93. The van der Waals surface area contributed by atoms with E-state index in [-0.39, 0.29) is 0 Å². The van der Waals surface area contributed by atoms with Crippen molar-refractivity contribution in [2.75, 3.05) is 0 Å². The van der Waals surface area contributed by atoms with E-state index in [1.165, 1.54) is 42.4 Å². The molecule has 17 heavy (non-hydrogen) atoms. The van der Waals surface area contributed by atoms with Crippen molar-refractivity contribution >= 4 is 15.9 Å². The summed E-state index contributed by atoms with van der Waals surface area (Å²) < 4.78 is 3.04. The van der Waals surface area contributed by atoms with E-state index in [1.807, 2.05) is 17.9 Å². The summed E-state index contributed by atoms with van der Waals surface area (Å²) in [5, 5.41) is 0. The normalized spacial score (nSPS) is 14.7. The minimum Gasteiger partial charge on any atom is -0.328 e. The van der Waals surface area contributed by atoms with E-state index >= 15 is 0 Å². The average Bonchev–Trinajstić information content (AvgIpc) is 2.70. The van der Waals surface area contributed by atoms with Gasteiger partial charge in [0.05, 0.1) is 6.33 Å². The molecule has 1 aromatic carbocycles. The average molecular weight is 291 g/mol. The highest BCUT2D eigenvalue weighted by Gasteiger charge is 2.13. The van der Waals surface area contributed by atoms with Gasteiger partial charge in [-0.15, -0.1) is 0 Å². The molecule has 3 rings (SSSR count). The highest BCUT2D eigenvalue weighted by molar-refractivity contribution is 9.10. The minimum absolute atomic E-state index is 1.04. The molecule has 0 bridgehead atoms. The maximum Gasteiger partial charge on any atom is 0.112 e. The fraction of sp³-hybridized carbons (Fsp3) is 0.357. The van der Waals surface area contributed by atoms with Crippen LogP contribution in [-0.2, 0) is 19.9 Å².